The Balaban J connectivity index is 2.11. The van der Waals surface area contributed by atoms with E-state index in [1.165, 1.54) is 42.3 Å². The summed E-state index contributed by atoms with van der Waals surface area (Å²) in [4.78, 5) is 28.7. The lowest BCUT2D eigenvalue weighted by molar-refractivity contribution is -0.140. The summed E-state index contributed by atoms with van der Waals surface area (Å²) in [5.41, 5.74) is 1.65. The zero-order chi connectivity index (χ0) is 31.2. The van der Waals surface area contributed by atoms with Gasteiger partial charge in [0.05, 0.1) is 32.8 Å². The Morgan fingerprint density at radius 3 is 2.14 bits per heavy atom. The lowest BCUT2D eigenvalue weighted by atomic mass is 10.1. The normalized spacial score (nSPS) is 12.1. The van der Waals surface area contributed by atoms with Crippen molar-refractivity contribution in [1.82, 2.24) is 10.2 Å². The van der Waals surface area contributed by atoms with Crippen LogP contribution in [-0.4, -0.2) is 50.9 Å². The van der Waals surface area contributed by atoms with E-state index < -0.39 is 28.5 Å². The van der Waals surface area contributed by atoms with Crippen molar-refractivity contribution in [2.45, 2.75) is 57.6 Å². The van der Waals surface area contributed by atoms with Crippen LogP contribution in [0.25, 0.3) is 0 Å². The van der Waals surface area contributed by atoms with Crippen molar-refractivity contribution in [3.8, 4) is 5.75 Å². The predicted octanol–water partition coefficient (Wildman–Crippen LogP) is 6.49. The summed E-state index contributed by atoms with van der Waals surface area (Å²) in [6.45, 7) is 6.64. The second kappa shape index (κ2) is 14.5. The molecule has 0 saturated carbocycles. The first-order valence-electron chi connectivity index (χ1n) is 13.2. The van der Waals surface area contributed by atoms with Gasteiger partial charge in [-0.2, -0.15) is 0 Å². The first-order valence-corrected chi connectivity index (χ1v) is 15.8. The molecule has 0 aromatic heterocycles. The Kier molecular flexibility index (Phi) is 11.5. The summed E-state index contributed by atoms with van der Waals surface area (Å²) in [7, 11) is -2.80. The number of nitrogens with zero attached hydrogens (tertiary/aromatic N) is 2. The number of halogens is 3. The van der Waals surface area contributed by atoms with Crippen LogP contribution in [-0.2, 0) is 26.2 Å². The SMILES string of the molecule is CC[C@@H](C(=O)NC(C)C)N(Cc1ccc(Cl)c(Cl)c1)C(=O)CN(c1ccc(OC)c(Cl)c1)S(=O)(=O)c1ccc(C)cc1. The molecule has 0 aliphatic rings. The second-order valence-electron chi connectivity index (χ2n) is 10.0. The highest BCUT2D eigenvalue weighted by atomic mass is 35.5. The number of ether oxygens (including phenoxy) is 1. The van der Waals surface area contributed by atoms with Gasteiger partial charge in [0.1, 0.15) is 18.3 Å². The van der Waals surface area contributed by atoms with Gasteiger partial charge in [-0.15, -0.1) is 0 Å². The fourth-order valence-corrected chi connectivity index (χ4v) is 6.29. The van der Waals surface area contributed by atoms with Crippen molar-refractivity contribution in [2.75, 3.05) is 18.0 Å². The Morgan fingerprint density at radius 2 is 1.60 bits per heavy atom. The van der Waals surface area contributed by atoms with E-state index in [-0.39, 0.29) is 45.5 Å². The summed E-state index contributed by atoms with van der Waals surface area (Å²) in [5, 5.41) is 3.66. The fraction of sp³-hybridized carbons (Fsp3) is 0.333. The van der Waals surface area contributed by atoms with E-state index in [9.17, 15) is 18.0 Å². The lowest BCUT2D eigenvalue weighted by Crippen LogP contribution is -2.53. The van der Waals surface area contributed by atoms with Gasteiger partial charge in [0.15, 0.2) is 0 Å². The fourth-order valence-electron chi connectivity index (χ4n) is 4.31. The quantitative estimate of drug-likeness (QED) is 0.241. The molecule has 0 aliphatic heterocycles. The van der Waals surface area contributed by atoms with Gasteiger partial charge in [-0.3, -0.25) is 13.9 Å². The van der Waals surface area contributed by atoms with E-state index in [4.69, 9.17) is 39.5 Å². The number of carbonyl (C=O) groups is 2. The van der Waals surface area contributed by atoms with Crippen molar-refractivity contribution in [3.05, 3.63) is 86.9 Å². The summed E-state index contributed by atoms with van der Waals surface area (Å²) in [6, 6.07) is 14.6. The number of rotatable bonds is 12. The molecule has 3 rings (SSSR count). The van der Waals surface area contributed by atoms with Gasteiger partial charge in [-0.1, -0.05) is 65.5 Å². The second-order valence-corrected chi connectivity index (χ2v) is 13.1. The molecule has 1 atom stereocenters. The summed E-state index contributed by atoms with van der Waals surface area (Å²) < 4.78 is 34.2. The predicted molar refractivity (Wildman–Crippen MR) is 168 cm³/mol. The zero-order valence-corrected chi connectivity index (χ0v) is 27.1. The standard InChI is InChI=1S/C30H34Cl3N3O5S/c1-6-27(30(38)34-19(2)3)35(17-21-9-13-24(31)25(32)15-21)29(37)18-36(22-10-14-28(41-5)26(33)16-22)42(39,40)23-11-7-20(4)8-12-23/h7-16,19,27H,6,17-18H2,1-5H3,(H,34,38)/t27-/m0/s1. The minimum atomic E-state index is -4.25. The maximum absolute atomic E-state index is 14.1. The van der Waals surface area contributed by atoms with Gasteiger partial charge in [0.25, 0.3) is 10.0 Å². The Morgan fingerprint density at radius 1 is 0.929 bits per heavy atom. The monoisotopic (exact) mass is 653 g/mol. The third-order valence-corrected chi connectivity index (χ3v) is 9.29. The van der Waals surface area contributed by atoms with Crippen molar-refractivity contribution >= 4 is 62.3 Å². The molecule has 2 amide bonds. The smallest absolute Gasteiger partial charge is 0.264 e. The molecule has 0 fully saturated rings. The first-order chi connectivity index (χ1) is 19.8. The molecule has 0 aliphatic carbocycles. The molecule has 8 nitrogen and oxygen atoms in total. The van der Waals surface area contributed by atoms with Gasteiger partial charge >= 0.3 is 0 Å². The van der Waals surface area contributed by atoms with Crippen LogP contribution < -0.4 is 14.4 Å². The molecule has 0 unspecified atom stereocenters. The van der Waals surface area contributed by atoms with Crippen LogP contribution in [0.15, 0.2) is 65.6 Å². The van der Waals surface area contributed by atoms with Crippen molar-refractivity contribution < 1.29 is 22.7 Å². The van der Waals surface area contributed by atoms with E-state index in [1.54, 1.807) is 37.3 Å². The number of anilines is 1. The first kappa shape index (κ1) is 33.5. The number of sulfonamides is 1. The molecule has 1 N–H and O–H groups in total. The van der Waals surface area contributed by atoms with Crippen molar-refractivity contribution in [1.29, 1.82) is 0 Å². The van der Waals surface area contributed by atoms with Gasteiger partial charge in [0.2, 0.25) is 11.8 Å². The van der Waals surface area contributed by atoms with Gasteiger partial charge in [0, 0.05) is 12.6 Å². The van der Waals surface area contributed by atoms with Crippen molar-refractivity contribution in [3.63, 3.8) is 0 Å². The van der Waals surface area contributed by atoms with Crippen molar-refractivity contribution in [2.24, 2.45) is 0 Å². The molecular formula is C30H34Cl3N3O5S. The number of hydrogen-bond donors (Lipinski definition) is 1. The number of aryl methyl sites for hydroxylation is 1. The maximum Gasteiger partial charge on any atom is 0.264 e. The molecule has 226 valence electrons. The number of benzene rings is 3. The average Bonchev–Trinajstić information content (AvgIpc) is 2.93. The van der Waals surface area contributed by atoms with Gasteiger partial charge in [-0.05, 0) is 75.2 Å². The van der Waals surface area contributed by atoms with Crippen LogP contribution in [0.5, 0.6) is 5.75 Å². The molecule has 3 aromatic rings. The molecule has 0 bridgehead atoms. The van der Waals surface area contributed by atoms with E-state index in [0.29, 0.717) is 16.3 Å². The molecular weight excluding hydrogens is 621 g/mol. The average molecular weight is 655 g/mol. The number of carbonyl (C=O) groups excluding carboxylic acids is 2. The molecule has 0 saturated heterocycles. The third-order valence-electron chi connectivity index (χ3n) is 6.46. The van der Waals surface area contributed by atoms with E-state index in [1.807, 2.05) is 20.8 Å². The summed E-state index contributed by atoms with van der Waals surface area (Å²) in [5.74, 6) is -0.618. The van der Waals surface area contributed by atoms with Crippen LogP contribution in [0.3, 0.4) is 0 Å². The molecule has 3 aromatic carbocycles. The highest BCUT2D eigenvalue weighted by Crippen LogP contribution is 2.32. The molecule has 0 radical (unpaired) electrons. The molecule has 0 heterocycles. The summed E-state index contributed by atoms with van der Waals surface area (Å²) >= 11 is 18.7. The number of methoxy groups -OCH3 is 1. The number of nitrogens with one attached hydrogen (secondary N) is 1. The van der Waals surface area contributed by atoms with E-state index in [2.05, 4.69) is 5.32 Å². The third kappa shape index (κ3) is 8.10. The Hall–Kier alpha value is -2.98. The molecule has 0 spiro atoms. The minimum absolute atomic E-state index is 0.00605. The topological polar surface area (TPSA) is 96.0 Å². The number of hydrogen-bond acceptors (Lipinski definition) is 5. The lowest BCUT2D eigenvalue weighted by Gasteiger charge is -2.33. The highest BCUT2D eigenvalue weighted by molar-refractivity contribution is 7.92. The van der Waals surface area contributed by atoms with Crippen LogP contribution in [0.2, 0.25) is 15.1 Å². The van der Waals surface area contributed by atoms with Gasteiger partial charge in [-0.25, -0.2) is 8.42 Å². The summed E-state index contributed by atoms with van der Waals surface area (Å²) in [6.07, 6.45) is 0.282. The van der Waals surface area contributed by atoms with E-state index >= 15 is 0 Å². The maximum atomic E-state index is 14.1. The van der Waals surface area contributed by atoms with Gasteiger partial charge < -0.3 is 15.0 Å². The van der Waals surface area contributed by atoms with E-state index in [0.717, 1.165) is 9.87 Å². The van der Waals surface area contributed by atoms with Crippen LogP contribution >= 0.6 is 34.8 Å². The largest absolute Gasteiger partial charge is 0.495 e. The molecule has 12 heteroatoms. The zero-order valence-electron chi connectivity index (χ0n) is 24.0. The highest BCUT2D eigenvalue weighted by Gasteiger charge is 2.34. The van der Waals surface area contributed by atoms with Crippen LogP contribution in [0.1, 0.15) is 38.3 Å². The van der Waals surface area contributed by atoms with Crippen LogP contribution in [0.4, 0.5) is 5.69 Å². The molecule has 42 heavy (non-hydrogen) atoms. The minimum Gasteiger partial charge on any atom is -0.495 e. The Labute approximate surface area is 262 Å². The van der Waals surface area contributed by atoms with Crippen LogP contribution in [0, 0.1) is 6.92 Å². The Bertz CT molecular complexity index is 1530. The number of amides is 2.